The maximum absolute atomic E-state index is 12.4. The maximum atomic E-state index is 12.4. The number of benzene rings is 1. The van der Waals surface area contributed by atoms with E-state index in [1.165, 1.54) is 0 Å². The van der Waals surface area contributed by atoms with Crippen molar-refractivity contribution in [2.75, 3.05) is 0 Å². The van der Waals surface area contributed by atoms with E-state index in [0.717, 1.165) is 16.8 Å². The topological polar surface area (TPSA) is 56.3 Å². The van der Waals surface area contributed by atoms with Gasteiger partial charge in [-0.25, -0.2) is 0 Å². The number of rotatable bonds is 5. The molecule has 4 heteroatoms. The van der Waals surface area contributed by atoms with E-state index in [-0.39, 0.29) is 12.2 Å². The first-order valence-electron chi connectivity index (χ1n) is 8.47. The minimum Gasteiger partial charge on any atom is -0.460 e. The monoisotopic (exact) mass is 339 g/mol. The van der Waals surface area contributed by atoms with Crippen LogP contribution in [0.4, 0.5) is 0 Å². The molecule has 2 aromatic rings. The predicted octanol–water partition coefficient (Wildman–Crippen LogP) is 4.79. The van der Waals surface area contributed by atoms with Gasteiger partial charge in [0.1, 0.15) is 12.0 Å². The number of nitrogens with zero attached hydrogens (tertiary/aromatic N) is 1. The van der Waals surface area contributed by atoms with Crippen molar-refractivity contribution >= 4 is 11.8 Å². The molecular formula is C21H25NO3. The first-order chi connectivity index (χ1) is 11.7. The number of ether oxygens (including phenoxy) is 1. The van der Waals surface area contributed by atoms with E-state index >= 15 is 0 Å². The molecule has 0 radical (unpaired) electrons. The van der Waals surface area contributed by atoms with Crippen molar-refractivity contribution in [1.82, 2.24) is 4.98 Å². The summed E-state index contributed by atoms with van der Waals surface area (Å²) in [7, 11) is 0. The lowest BCUT2D eigenvalue weighted by Crippen LogP contribution is -2.25. The molecule has 0 aliphatic heterocycles. The molecule has 0 aliphatic carbocycles. The minimum absolute atomic E-state index is 0.247. The van der Waals surface area contributed by atoms with Crippen molar-refractivity contribution in [1.29, 1.82) is 0 Å². The molecule has 0 atom stereocenters. The lowest BCUT2D eigenvalue weighted by Gasteiger charge is -2.19. The fourth-order valence-electron chi connectivity index (χ4n) is 2.40. The van der Waals surface area contributed by atoms with Crippen LogP contribution in [0.15, 0.2) is 42.6 Å². The third-order valence-corrected chi connectivity index (χ3v) is 3.62. The van der Waals surface area contributed by atoms with Crippen LogP contribution in [-0.2, 0) is 9.53 Å². The molecule has 25 heavy (non-hydrogen) atoms. The highest BCUT2D eigenvalue weighted by Gasteiger charge is 2.20. The third-order valence-electron chi connectivity index (χ3n) is 3.62. The van der Waals surface area contributed by atoms with Crippen LogP contribution >= 0.6 is 0 Å². The maximum Gasteiger partial charge on any atom is 0.314 e. The van der Waals surface area contributed by atoms with Crippen LogP contribution in [-0.4, -0.2) is 22.3 Å². The molecule has 0 fully saturated rings. The number of carbonyl (C=O) groups excluding carboxylic acids is 2. The summed E-state index contributed by atoms with van der Waals surface area (Å²) in [5.74, 6) is -0.385. The van der Waals surface area contributed by atoms with Crippen LogP contribution in [0, 0.1) is 0 Å². The lowest BCUT2D eigenvalue weighted by molar-refractivity contribution is -0.153. The number of esters is 1. The van der Waals surface area contributed by atoms with Crippen molar-refractivity contribution in [2.45, 2.75) is 52.6 Å². The Morgan fingerprint density at radius 2 is 1.80 bits per heavy atom. The molecule has 1 aromatic heterocycles. The van der Waals surface area contributed by atoms with Gasteiger partial charge < -0.3 is 4.74 Å². The van der Waals surface area contributed by atoms with Gasteiger partial charge in [0.2, 0.25) is 0 Å². The Hall–Kier alpha value is -2.49. The van der Waals surface area contributed by atoms with Crippen LogP contribution in [0.5, 0.6) is 0 Å². The molecule has 0 saturated heterocycles. The van der Waals surface area contributed by atoms with Crippen LogP contribution in [0.3, 0.4) is 0 Å². The van der Waals surface area contributed by atoms with E-state index < -0.39 is 11.6 Å². The Kier molecular flexibility index (Phi) is 5.73. The van der Waals surface area contributed by atoms with Gasteiger partial charge in [0.25, 0.3) is 0 Å². The number of ketones is 1. The van der Waals surface area contributed by atoms with Crippen LogP contribution in [0.25, 0.3) is 11.1 Å². The molecule has 132 valence electrons. The average molecular weight is 339 g/mol. The van der Waals surface area contributed by atoms with Crippen molar-refractivity contribution in [3.05, 3.63) is 53.9 Å². The van der Waals surface area contributed by atoms with Gasteiger partial charge in [0.15, 0.2) is 5.78 Å². The second kappa shape index (κ2) is 7.60. The second-order valence-corrected chi connectivity index (χ2v) is 7.39. The Labute approximate surface area is 149 Å². The van der Waals surface area contributed by atoms with Gasteiger partial charge in [-0.3, -0.25) is 14.6 Å². The van der Waals surface area contributed by atoms with Crippen molar-refractivity contribution in [3.63, 3.8) is 0 Å². The zero-order valence-electron chi connectivity index (χ0n) is 15.5. The molecular weight excluding hydrogens is 314 g/mol. The fraction of sp³-hybridized carbons (Fsp3) is 0.381. The minimum atomic E-state index is -0.594. The van der Waals surface area contributed by atoms with Crippen LogP contribution in [0.2, 0.25) is 0 Å². The smallest absolute Gasteiger partial charge is 0.314 e. The summed E-state index contributed by atoms with van der Waals surface area (Å²) in [6.45, 7) is 9.54. The van der Waals surface area contributed by atoms with E-state index in [0.29, 0.717) is 11.5 Å². The molecule has 4 nitrogen and oxygen atoms in total. The summed E-state index contributed by atoms with van der Waals surface area (Å²) < 4.78 is 5.21. The normalized spacial score (nSPS) is 11.4. The molecule has 1 heterocycles. The van der Waals surface area contributed by atoms with E-state index in [4.69, 9.17) is 4.74 Å². The standard InChI is InChI=1S/C21H25NO3/c1-14(2)18-10-9-17(13-22-18)15-7-6-8-16(11-15)19(23)12-20(24)25-21(3,4)5/h6-11,13-14H,12H2,1-5H3. The van der Waals surface area contributed by atoms with E-state index in [2.05, 4.69) is 18.8 Å². The Balaban J connectivity index is 2.15. The number of pyridine rings is 1. The van der Waals surface area contributed by atoms with Crippen molar-refractivity contribution in [3.8, 4) is 11.1 Å². The third kappa shape index (κ3) is 5.52. The molecule has 0 unspecified atom stereocenters. The Morgan fingerprint density at radius 1 is 1.08 bits per heavy atom. The van der Waals surface area contributed by atoms with Gasteiger partial charge in [-0.1, -0.05) is 38.1 Å². The van der Waals surface area contributed by atoms with Crippen LogP contribution in [0.1, 0.15) is 63.0 Å². The summed E-state index contributed by atoms with van der Waals surface area (Å²) in [6, 6.07) is 11.2. The van der Waals surface area contributed by atoms with E-state index in [1.807, 2.05) is 30.5 Å². The van der Waals surface area contributed by atoms with E-state index in [1.54, 1.807) is 32.9 Å². The summed E-state index contributed by atoms with van der Waals surface area (Å²) >= 11 is 0. The number of aromatic nitrogens is 1. The fourth-order valence-corrected chi connectivity index (χ4v) is 2.40. The first kappa shape index (κ1) is 18.8. The van der Waals surface area contributed by atoms with Gasteiger partial charge in [0.05, 0.1) is 0 Å². The largest absolute Gasteiger partial charge is 0.460 e. The average Bonchev–Trinajstić information content (AvgIpc) is 2.53. The zero-order valence-corrected chi connectivity index (χ0v) is 15.5. The summed E-state index contributed by atoms with van der Waals surface area (Å²) in [4.78, 5) is 28.7. The zero-order chi connectivity index (χ0) is 18.6. The molecule has 0 bridgehead atoms. The number of Topliss-reactive ketones (excluding diaryl/α,β-unsaturated/α-hetero) is 1. The van der Waals surface area contributed by atoms with Gasteiger partial charge in [0, 0.05) is 23.0 Å². The highest BCUT2D eigenvalue weighted by molar-refractivity contribution is 6.06. The summed E-state index contributed by atoms with van der Waals surface area (Å²) in [5.41, 5.74) is 2.77. The molecule has 0 amide bonds. The van der Waals surface area contributed by atoms with Crippen LogP contribution < -0.4 is 0 Å². The second-order valence-electron chi connectivity index (χ2n) is 7.39. The first-order valence-corrected chi connectivity index (χ1v) is 8.47. The predicted molar refractivity (Wildman–Crippen MR) is 98.6 cm³/mol. The number of hydrogen-bond donors (Lipinski definition) is 0. The van der Waals surface area contributed by atoms with Crippen molar-refractivity contribution in [2.24, 2.45) is 0 Å². The SMILES string of the molecule is CC(C)c1ccc(-c2cccc(C(=O)CC(=O)OC(C)(C)C)c2)cn1. The summed E-state index contributed by atoms with van der Waals surface area (Å²) in [5, 5.41) is 0. The number of hydrogen-bond acceptors (Lipinski definition) is 4. The van der Waals surface area contributed by atoms with Crippen molar-refractivity contribution < 1.29 is 14.3 Å². The quantitative estimate of drug-likeness (QED) is 0.446. The molecule has 0 saturated carbocycles. The van der Waals surface area contributed by atoms with Gasteiger partial charge in [-0.15, -0.1) is 0 Å². The van der Waals surface area contributed by atoms with E-state index in [9.17, 15) is 9.59 Å². The highest BCUT2D eigenvalue weighted by Crippen LogP contribution is 2.22. The molecule has 0 spiro atoms. The van der Waals surface area contributed by atoms with Gasteiger partial charge >= 0.3 is 5.97 Å². The molecule has 2 rings (SSSR count). The van der Waals surface area contributed by atoms with Gasteiger partial charge in [-0.05, 0) is 44.4 Å². The highest BCUT2D eigenvalue weighted by atomic mass is 16.6. The number of carbonyl (C=O) groups is 2. The van der Waals surface area contributed by atoms with Gasteiger partial charge in [-0.2, -0.15) is 0 Å². The summed E-state index contributed by atoms with van der Waals surface area (Å²) in [6.07, 6.45) is 1.55. The molecule has 0 aliphatic rings. The molecule has 0 N–H and O–H groups in total. The lowest BCUT2D eigenvalue weighted by atomic mass is 10.0. The molecule has 1 aromatic carbocycles. The Bertz CT molecular complexity index is 755. The Morgan fingerprint density at radius 3 is 2.36 bits per heavy atom.